The van der Waals surface area contributed by atoms with Gasteiger partial charge in [0.1, 0.15) is 28.2 Å². The minimum Gasteiger partial charge on any atom is -0.477 e. The van der Waals surface area contributed by atoms with Crippen molar-refractivity contribution < 1.29 is 29.0 Å². The van der Waals surface area contributed by atoms with E-state index < -0.39 is 35.0 Å². The summed E-state index contributed by atoms with van der Waals surface area (Å²) in [5.41, 5.74) is 2.06. The summed E-state index contributed by atoms with van der Waals surface area (Å²) < 4.78 is 5.80. The first-order valence-electron chi connectivity index (χ1n) is 10.8. The van der Waals surface area contributed by atoms with Gasteiger partial charge < -0.3 is 15.2 Å². The largest absolute Gasteiger partial charge is 0.477 e. The molecule has 3 heterocycles. The topological polar surface area (TPSA) is 151 Å². The Kier molecular flexibility index (Phi) is 7.57. The maximum absolute atomic E-state index is 12.8. The number of carboxylic acid groups (broad SMARTS) is 1. The Bertz CT molecular complexity index is 1210. The van der Waals surface area contributed by atoms with E-state index in [-0.39, 0.29) is 18.0 Å². The lowest BCUT2D eigenvalue weighted by molar-refractivity contribution is -0.150. The van der Waals surface area contributed by atoms with Crippen LogP contribution in [0.5, 0.6) is 0 Å². The fraction of sp³-hybridized carbons (Fsp3) is 0.364. The summed E-state index contributed by atoms with van der Waals surface area (Å²) in [6, 6.07) is 5.89. The number of aromatic nitrogens is 2. The fourth-order valence-corrected chi connectivity index (χ4v) is 6.64. The molecule has 2 aliphatic heterocycles. The number of β-lactam (4-membered cyclic amide) rings is 1. The molecule has 2 atom stereocenters. The molecule has 1 aromatic heterocycles. The SMILES string of the molecule is CC(C)(C)OC(=O)Nc1ccc(CC(=O)N[C@@H]2C(=O)N3C(C(=O)O)=C(Sc4nncs4)CS[C@H]23)cc1. The summed E-state index contributed by atoms with van der Waals surface area (Å²) in [4.78, 5) is 51.0. The van der Waals surface area contributed by atoms with Crippen molar-refractivity contribution in [2.24, 2.45) is 0 Å². The molecule has 11 nitrogen and oxygen atoms in total. The van der Waals surface area contributed by atoms with Crippen LogP contribution in [0.25, 0.3) is 0 Å². The zero-order valence-electron chi connectivity index (χ0n) is 19.5. The minimum absolute atomic E-state index is 0.0215. The molecule has 0 radical (unpaired) electrons. The van der Waals surface area contributed by atoms with Crippen LogP contribution in [0.15, 0.2) is 44.7 Å². The monoisotopic (exact) mass is 549 g/mol. The van der Waals surface area contributed by atoms with Gasteiger partial charge in [-0.15, -0.1) is 22.0 Å². The number of rotatable bonds is 7. The van der Waals surface area contributed by atoms with Crippen molar-refractivity contribution in [1.82, 2.24) is 20.4 Å². The molecule has 36 heavy (non-hydrogen) atoms. The second kappa shape index (κ2) is 10.5. The van der Waals surface area contributed by atoms with Gasteiger partial charge in [0, 0.05) is 16.3 Å². The number of hydrogen-bond acceptors (Lipinski definition) is 10. The van der Waals surface area contributed by atoms with Crippen LogP contribution < -0.4 is 10.6 Å². The van der Waals surface area contributed by atoms with Crippen molar-refractivity contribution in [3.8, 4) is 0 Å². The van der Waals surface area contributed by atoms with Gasteiger partial charge in [0.05, 0.1) is 6.42 Å². The molecule has 3 N–H and O–H groups in total. The molecule has 0 aliphatic carbocycles. The fourth-order valence-electron chi connectivity index (χ4n) is 3.52. The molecule has 2 aliphatic rings. The Morgan fingerprint density at radius 3 is 2.58 bits per heavy atom. The van der Waals surface area contributed by atoms with Gasteiger partial charge in [-0.05, 0) is 38.5 Å². The van der Waals surface area contributed by atoms with Crippen LogP contribution in [0.2, 0.25) is 0 Å². The third-order valence-corrected chi connectivity index (χ3v) is 8.29. The number of nitrogens with one attached hydrogen (secondary N) is 2. The van der Waals surface area contributed by atoms with Crippen LogP contribution in [-0.4, -0.2) is 66.9 Å². The smallest absolute Gasteiger partial charge is 0.412 e. The van der Waals surface area contributed by atoms with E-state index in [2.05, 4.69) is 20.8 Å². The predicted molar refractivity (Wildman–Crippen MR) is 135 cm³/mol. The molecule has 3 amide bonds. The van der Waals surface area contributed by atoms with E-state index in [1.165, 1.54) is 39.8 Å². The van der Waals surface area contributed by atoms with Crippen LogP contribution in [0.1, 0.15) is 26.3 Å². The molecule has 2 aromatic rings. The lowest BCUT2D eigenvalue weighted by Crippen LogP contribution is -2.70. The summed E-state index contributed by atoms with van der Waals surface area (Å²) in [7, 11) is 0. The molecule has 190 valence electrons. The Balaban J connectivity index is 1.34. The molecule has 0 bridgehead atoms. The highest BCUT2D eigenvalue weighted by molar-refractivity contribution is 8.07. The molecule has 0 spiro atoms. The third kappa shape index (κ3) is 5.99. The van der Waals surface area contributed by atoms with Crippen molar-refractivity contribution in [3.05, 3.63) is 45.9 Å². The molecule has 1 saturated heterocycles. The Hall–Kier alpha value is -3.10. The number of fused-ring (bicyclic) bond motifs is 1. The van der Waals surface area contributed by atoms with E-state index >= 15 is 0 Å². The van der Waals surface area contributed by atoms with E-state index in [1.807, 2.05) is 0 Å². The van der Waals surface area contributed by atoms with Crippen LogP contribution in [0.4, 0.5) is 10.5 Å². The molecule has 1 aromatic carbocycles. The number of hydrogen-bond donors (Lipinski definition) is 3. The number of ether oxygens (including phenoxy) is 1. The number of benzene rings is 1. The Labute approximate surface area is 219 Å². The average molecular weight is 550 g/mol. The number of thioether (sulfide) groups is 2. The van der Waals surface area contributed by atoms with Crippen LogP contribution in [-0.2, 0) is 25.5 Å². The second-order valence-electron chi connectivity index (χ2n) is 8.84. The molecule has 0 unspecified atom stereocenters. The summed E-state index contributed by atoms with van der Waals surface area (Å²) in [5.74, 6) is -1.66. The van der Waals surface area contributed by atoms with Crippen molar-refractivity contribution in [1.29, 1.82) is 0 Å². The molecule has 4 rings (SSSR count). The van der Waals surface area contributed by atoms with Crippen molar-refractivity contribution in [3.63, 3.8) is 0 Å². The summed E-state index contributed by atoms with van der Waals surface area (Å²) >= 11 is 3.85. The zero-order valence-corrected chi connectivity index (χ0v) is 22.0. The number of anilines is 1. The first-order chi connectivity index (χ1) is 17.0. The van der Waals surface area contributed by atoms with Gasteiger partial charge in [-0.25, -0.2) is 9.59 Å². The average Bonchev–Trinajstić information content (AvgIpc) is 3.30. The van der Waals surface area contributed by atoms with E-state index in [0.717, 1.165) is 0 Å². The second-order valence-corrected chi connectivity index (χ2v) is 12.1. The number of aliphatic carboxylic acids is 1. The van der Waals surface area contributed by atoms with Gasteiger partial charge in [0.25, 0.3) is 5.91 Å². The van der Waals surface area contributed by atoms with Crippen LogP contribution in [0.3, 0.4) is 0 Å². The highest BCUT2D eigenvalue weighted by atomic mass is 32.2. The van der Waals surface area contributed by atoms with Gasteiger partial charge >= 0.3 is 12.1 Å². The standard InChI is InChI=1S/C22H23N5O6S3/c1-22(2,3)33-20(32)24-12-6-4-11(5-7-12)8-14(28)25-15-17(29)27-16(19(30)31)13(9-34-18(15)27)36-21-26-23-10-35-21/h4-7,10,15,18H,8-9H2,1-3H3,(H,24,32)(H,25,28)(H,30,31)/t15-,18-/m1/s1. The van der Waals surface area contributed by atoms with Gasteiger partial charge in [-0.2, -0.15) is 0 Å². The first kappa shape index (κ1) is 26.0. The van der Waals surface area contributed by atoms with Crippen molar-refractivity contribution in [2.75, 3.05) is 11.1 Å². The summed E-state index contributed by atoms with van der Waals surface area (Å²) in [5, 5.41) is 22.3. The summed E-state index contributed by atoms with van der Waals surface area (Å²) in [6.07, 6.45) is -0.557. The van der Waals surface area contributed by atoms with Crippen LogP contribution in [0, 0.1) is 0 Å². The number of carboxylic acids is 1. The third-order valence-electron chi connectivity index (χ3n) is 4.97. The van der Waals surface area contributed by atoms with Gasteiger partial charge in [0.15, 0.2) is 4.34 Å². The van der Waals surface area contributed by atoms with Crippen molar-refractivity contribution >= 4 is 64.4 Å². The Morgan fingerprint density at radius 2 is 1.97 bits per heavy atom. The Morgan fingerprint density at radius 1 is 1.25 bits per heavy atom. The van der Waals surface area contributed by atoms with E-state index in [0.29, 0.717) is 26.2 Å². The van der Waals surface area contributed by atoms with Gasteiger partial charge in [-0.1, -0.05) is 35.2 Å². The lowest BCUT2D eigenvalue weighted by Gasteiger charge is -2.49. The number of carbonyl (C=O) groups is 4. The van der Waals surface area contributed by atoms with E-state index in [9.17, 15) is 24.3 Å². The first-order valence-corrected chi connectivity index (χ1v) is 13.5. The highest BCUT2D eigenvalue weighted by Crippen LogP contribution is 2.45. The number of amides is 3. The number of nitrogens with zero attached hydrogens (tertiary/aromatic N) is 3. The molecule has 1 fully saturated rings. The molecule has 0 saturated carbocycles. The quantitative estimate of drug-likeness (QED) is 0.440. The minimum atomic E-state index is -1.20. The lowest BCUT2D eigenvalue weighted by atomic mass is 10.0. The molecule has 14 heteroatoms. The zero-order chi connectivity index (χ0) is 26.0. The number of carbonyl (C=O) groups excluding carboxylic acids is 3. The maximum atomic E-state index is 12.8. The van der Waals surface area contributed by atoms with E-state index in [1.54, 1.807) is 50.5 Å². The summed E-state index contributed by atoms with van der Waals surface area (Å²) in [6.45, 7) is 5.30. The van der Waals surface area contributed by atoms with E-state index in [4.69, 9.17) is 4.74 Å². The normalized spacial score (nSPS) is 19.3. The molecular formula is C22H23N5O6S3. The van der Waals surface area contributed by atoms with Gasteiger partial charge in [-0.3, -0.25) is 19.8 Å². The van der Waals surface area contributed by atoms with Crippen molar-refractivity contribution in [2.45, 2.75) is 48.5 Å². The maximum Gasteiger partial charge on any atom is 0.412 e. The predicted octanol–water partition coefficient (Wildman–Crippen LogP) is 2.92. The highest BCUT2D eigenvalue weighted by Gasteiger charge is 2.54. The van der Waals surface area contributed by atoms with Gasteiger partial charge in [0.2, 0.25) is 5.91 Å². The molecular weight excluding hydrogens is 526 g/mol. The van der Waals surface area contributed by atoms with Crippen LogP contribution >= 0.6 is 34.9 Å².